The molecule has 1 aliphatic rings. The monoisotopic (exact) mass is 226 g/mol. The Balaban J connectivity index is 2.16. The lowest BCUT2D eigenvalue weighted by molar-refractivity contribution is -0.132. The zero-order valence-corrected chi connectivity index (χ0v) is 9.00. The fraction of sp³-hybridized carbons (Fsp3) is 0.0714. The normalized spacial score (nSPS) is 13.2. The van der Waals surface area contributed by atoms with Gasteiger partial charge >= 0.3 is 0 Å². The quantitative estimate of drug-likeness (QED) is 0.738. The lowest BCUT2D eigenvalue weighted by Crippen LogP contribution is -2.12. The van der Waals surface area contributed by atoms with Crippen LogP contribution in [0.25, 0.3) is 0 Å². The number of carbonyl (C=O) groups excluding carboxylic acids is 1. The lowest BCUT2D eigenvalue weighted by atomic mass is 9.97. The third kappa shape index (κ3) is 1.56. The molecule has 1 heterocycles. The van der Waals surface area contributed by atoms with Crippen LogP contribution in [0.1, 0.15) is 17.2 Å². The van der Waals surface area contributed by atoms with Crippen LogP contribution in [0.15, 0.2) is 48.5 Å². The Labute approximate surface area is 98.6 Å². The number of hydrogen-bond acceptors (Lipinski definition) is 3. The summed E-state index contributed by atoms with van der Waals surface area (Å²) in [6, 6.07) is 15.1. The van der Waals surface area contributed by atoms with Crippen molar-refractivity contribution in [2.45, 2.75) is 6.10 Å². The Kier molecular flexibility index (Phi) is 2.29. The van der Waals surface area contributed by atoms with Crippen molar-refractivity contribution in [3.05, 3.63) is 59.7 Å². The number of hydrogen-bond donors (Lipinski definition) is 0. The zero-order chi connectivity index (χ0) is 11.7. The van der Waals surface area contributed by atoms with E-state index in [4.69, 9.17) is 9.47 Å². The third-order valence-corrected chi connectivity index (χ3v) is 2.81. The first-order valence-corrected chi connectivity index (χ1v) is 5.35. The van der Waals surface area contributed by atoms with Crippen LogP contribution in [-0.4, -0.2) is 6.47 Å². The molecule has 0 atom stereocenters. The first-order chi connectivity index (χ1) is 8.40. The highest BCUT2D eigenvalue weighted by Gasteiger charge is 2.27. The molecule has 0 aliphatic carbocycles. The number of para-hydroxylation sites is 2. The average Bonchev–Trinajstić information content (AvgIpc) is 2.39. The summed E-state index contributed by atoms with van der Waals surface area (Å²) in [6.45, 7) is 0.476. The smallest absolute Gasteiger partial charge is 0.294 e. The van der Waals surface area contributed by atoms with Crippen molar-refractivity contribution >= 4 is 6.47 Å². The van der Waals surface area contributed by atoms with Gasteiger partial charge in [-0.05, 0) is 12.1 Å². The molecule has 17 heavy (non-hydrogen) atoms. The summed E-state index contributed by atoms with van der Waals surface area (Å²) in [5.41, 5.74) is 1.75. The van der Waals surface area contributed by atoms with Gasteiger partial charge in [-0.2, -0.15) is 0 Å². The number of rotatable bonds is 2. The summed E-state index contributed by atoms with van der Waals surface area (Å²) in [6.07, 6.45) is -0.381. The van der Waals surface area contributed by atoms with Gasteiger partial charge in [0.05, 0.1) is 0 Å². The van der Waals surface area contributed by atoms with Gasteiger partial charge in [-0.25, -0.2) is 0 Å². The van der Waals surface area contributed by atoms with Crippen molar-refractivity contribution in [2.75, 3.05) is 0 Å². The molecular weight excluding hydrogens is 216 g/mol. The van der Waals surface area contributed by atoms with Crippen molar-refractivity contribution in [2.24, 2.45) is 0 Å². The van der Waals surface area contributed by atoms with Crippen molar-refractivity contribution < 1.29 is 14.3 Å². The Morgan fingerprint density at radius 1 is 0.941 bits per heavy atom. The van der Waals surface area contributed by atoms with Gasteiger partial charge in [-0.1, -0.05) is 36.4 Å². The second kappa shape index (κ2) is 3.94. The minimum absolute atomic E-state index is 0.381. The molecule has 0 saturated heterocycles. The van der Waals surface area contributed by atoms with E-state index >= 15 is 0 Å². The molecule has 3 heteroatoms. The summed E-state index contributed by atoms with van der Waals surface area (Å²) in [5.74, 6) is 1.47. The van der Waals surface area contributed by atoms with Gasteiger partial charge in [0.1, 0.15) is 11.5 Å². The van der Waals surface area contributed by atoms with Gasteiger partial charge in [0.25, 0.3) is 6.47 Å². The summed E-state index contributed by atoms with van der Waals surface area (Å²) >= 11 is 0. The fourth-order valence-electron chi connectivity index (χ4n) is 2.07. The van der Waals surface area contributed by atoms with Crippen molar-refractivity contribution in [1.29, 1.82) is 0 Å². The third-order valence-electron chi connectivity index (χ3n) is 2.81. The molecule has 3 nitrogen and oxygen atoms in total. The van der Waals surface area contributed by atoms with E-state index in [1.807, 2.05) is 48.5 Å². The summed E-state index contributed by atoms with van der Waals surface area (Å²) in [4.78, 5) is 10.6. The molecule has 0 saturated carbocycles. The maximum absolute atomic E-state index is 10.6. The maximum Gasteiger partial charge on any atom is 0.294 e. The number of benzene rings is 2. The molecule has 2 aromatic rings. The fourth-order valence-corrected chi connectivity index (χ4v) is 2.07. The second-order valence-electron chi connectivity index (χ2n) is 3.79. The topological polar surface area (TPSA) is 35.5 Å². The number of carbonyl (C=O) groups is 1. The standard InChI is InChI=1S/C14H10O3/c15-9-16-14-10-5-1-3-7-12(10)17-13-8-4-2-6-11(13)14/h1-9,14H. The largest absolute Gasteiger partial charge is 0.456 e. The molecule has 0 unspecified atom stereocenters. The van der Waals surface area contributed by atoms with Gasteiger partial charge in [-0.3, -0.25) is 4.79 Å². The van der Waals surface area contributed by atoms with Crippen LogP contribution in [0.2, 0.25) is 0 Å². The van der Waals surface area contributed by atoms with Crippen LogP contribution in [0.4, 0.5) is 0 Å². The molecule has 0 amide bonds. The van der Waals surface area contributed by atoms with E-state index < -0.39 is 0 Å². The number of fused-ring (bicyclic) bond motifs is 2. The predicted octanol–water partition coefficient (Wildman–Crippen LogP) is 3.05. The van der Waals surface area contributed by atoms with E-state index in [-0.39, 0.29) is 6.10 Å². The van der Waals surface area contributed by atoms with Crippen LogP contribution in [0.5, 0.6) is 11.5 Å². The van der Waals surface area contributed by atoms with Gasteiger partial charge in [0.2, 0.25) is 0 Å². The minimum Gasteiger partial charge on any atom is -0.456 e. The molecule has 0 fully saturated rings. The second-order valence-corrected chi connectivity index (χ2v) is 3.79. The molecule has 3 rings (SSSR count). The summed E-state index contributed by atoms with van der Waals surface area (Å²) in [7, 11) is 0. The van der Waals surface area contributed by atoms with E-state index in [1.165, 1.54) is 0 Å². The summed E-state index contributed by atoms with van der Waals surface area (Å²) < 4.78 is 10.9. The molecule has 0 N–H and O–H groups in total. The maximum atomic E-state index is 10.6. The molecular formula is C14H10O3. The van der Waals surface area contributed by atoms with Crippen LogP contribution in [0.3, 0.4) is 0 Å². The Bertz CT molecular complexity index is 517. The SMILES string of the molecule is O=COC1c2ccccc2Oc2ccccc21. The highest BCUT2D eigenvalue weighted by Crippen LogP contribution is 2.43. The minimum atomic E-state index is -0.381. The molecule has 0 bridgehead atoms. The number of ether oxygens (including phenoxy) is 2. The van der Waals surface area contributed by atoms with Gasteiger partial charge in [0, 0.05) is 11.1 Å². The first-order valence-electron chi connectivity index (χ1n) is 5.35. The molecule has 84 valence electrons. The Morgan fingerprint density at radius 2 is 1.47 bits per heavy atom. The average molecular weight is 226 g/mol. The van der Waals surface area contributed by atoms with E-state index in [0.717, 1.165) is 22.6 Å². The van der Waals surface area contributed by atoms with E-state index in [9.17, 15) is 4.79 Å². The van der Waals surface area contributed by atoms with E-state index in [0.29, 0.717) is 6.47 Å². The van der Waals surface area contributed by atoms with Crippen LogP contribution in [-0.2, 0) is 9.53 Å². The van der Waals surface area contributed by atoms with Gasteiger partial charge < -0.3 is 9.47 Å². The van der Waals surface area contributed by atoms with Gasteiger partial charge in [0.15, 0.2) is 6.10 Å². The molecule has 0 radical (unpaired) electrons. The van der Waals surface area contributed by atoms with Crippen molar-refractivity contribution in [3.63, 3.8) is 0 Å². The predicted molar refractivity (Wildman–Crippen MR) is 62.0 cm³/mol. The molecule has 1 aliphatic heterocycles. The van der Waals surface area contributed by atoms with Crippen LogP contribution in [0, 0.1) is 0 Å². The van der Waals surface area contributed by atoms with Crippen molar-refractivity contribution in [3.8, 4) is 11.5 Å². The van der Waals surface area contributed by atoms with Crippen molar-refractivity contribution in [1.82, 2.24) is 0 Å². The highest BCUT2D eigenvalue weighted by atomic mass is 16.5. The lowest BCUT2D eigenvalue weighted by Gasteiger charge is -2.26. The highest BCUT2D eigenvalue weighted by molar-refractivity contribution is 5.54. The molecule has 0 spiro atoms. The van der Waals surface area contributed by atoms with Crippen LogP contribution < -0.4 is 4.74 Å². The first kappa shape index (κ1) is 9.90. The van der Waals surface area contributed by atoms with Crippen LogP contribution >= 0.6 is 0 Å². The van der Waals surface area contributed by atoms with E-state index in [1.54, 1.807) is 0 Å². The Hall–Kier alpha value is -2.29. The molecule has 0 aromatic heterocycles. The summed E-state index contributed by atoms with van der Waals surface area (Å²) in [5, 5.41) is 0. The zero-order valence-electron chi connectivity index (χ0n) is 9.00. The Morgan fingerprint density at radius 3 is 2.00 bits per heavy atom. The van der Waals surface area contributed by atoms with Gasteiger partial charge in [-0.15, -0.1) is 0 Å². The molecule has 2 aromatic carbocycles. The van der Waals surface area contributed by atoms with E-state index in [2.05, 4.69) is 0 Å².